The van der Waals surface area contributed by atoms with E-state index < -0.39 is 0 Å². The number of hydrogen-bond donors (Lipinski definition) is 0. The molecular weight excluding hydrogens is 115 g/mol. The molecule has 0 unspecified atom stereocenters. The molecule has 0 fully saturated rings. The van der Waals surface area contributed by atoms with Crippen LogP contribution in [0.15, 0.2) is 12.5 Å². The van der Waals surface area contributed by atoms with Gasteiger partial charge in [0.05, 0.1) is 0 Å². The van der Waals surface area contributed by atoms with Crippen molar-refractivity contribution in [2.24, 2.45) is 0 Å². The van der Waals surface area contributed by atoms with Crippen LogP contribution in [0.1, 0.15) is 5.69 Å². The summed E-state index contributed by atoms with van der Waals surface area (Å²) in [7, 11) is 0. The predicted octanol–water partition coefficient (Wildman–Crippen LogP) is -2.65. The van der Waals surface area contributed by atoms with Gasteiger partial charge in [0, 0.05) is 0 Å². The standard InChI is InChI=1S/C4H5N2.K/c1-4-2-5-3-6-4;/h2-3H,1H3;/q-1;+1. The Hall–Kier alpha value is 0.846. The summed E-state index contributed by atoms with van der Waals surface area (Å²) in [5.41, 5.74) is 0.981. The fraction of sp³-hybridized carbons (Fsp3) is 0.250. The molecule has 7 heavy (non-hydrogen) atoms. The Morgan fingerprint density at radius 2 is 2.43 bits per heavy atom. The van der Waals surface area contributed by atoms with Crippen LogP contribution in [0.25, 0.3) is 0 Å². The fourth-order valence-electron chi connectivity index (χ4n) is 0.299. The van der Waals surface area contributed by atoms with E-state index in [0.29, 0.717) is 0 Å². The molecule has 0 aliphatic heterocycles. The number of aryl methyl sites for hydroxylation is 1. The van der Waals surface area contributed by atoms with Crippen LogP contribution in [0.4, 0.5) is 0 Å². The van der Waals surface area contributed by atoms with Crippen molar-refractivity contribution in [1.82, 2.24) is 9.97 Å². The molecule has 0 saturated carbocycles. The zero-order valence-corrected chi connectivity index (χ0v) is 7.67. The molecule has 1 aromatic heterocycles. The average molecular weight is 120 g/mol. The van der Waals surface area contributed by atoms with Crippen LogP contribution in [-0.2, 0) is 0 Å². The van der Waals surface area contributed by atoms with Gasteiger partial charge in [0.25, 0.3) is 0 Å². The van der Waals surface area contributed by atoms with E-state index in [1.807, 2.05) is 6.92 Å². The normalized spacial score (nSPS) is 7.57. The first-order valence-corrected chi connectivity index (χ1v) is 1.79. The number of nitrogens with zero attached hydrogens (tertiary/aromatic N) is 2. The first-order chi connectivity index (χ1) is 2.89. The van der Waals surface area contributed by atoms with Crippen LogP contribution < -0.4 is 56.4 Å². The summed E-state index contributed by atoms with van der Waals surface area (Å²) in [4.78, 5) is 7.52. The Bertz CT molecular complexity index is 113. The maximum Gasteiger partial charge on any atom is 1.00 e. The van der Waals surface area contributed by atoms with Gasteiger partial charge in [-0.3, -0.25) is 0 Å². The Kier molecular flexibility index (Phi) is 4.26. The van der Waals surface area contributed by atoms with E-state index in [4.69, 9.17) is 0 Å². The van der Waals surface area contributed by atoms with Crippen molar-refractivity contribution in [3.8, 4) is 0 Å². The second-order valence-electron chi connectivity index (χ2n) is 1.16. The van der Waals surface area contributed by atoms with Crippen LogP contribution in [0.2, 0.25) is 0 Å². The molecule has 0 radical (unpaired) electrons. The number of hydrogen-bond acceptors (Lipinski definition) is 1. The van der Waals surface area contributed by atoms with Crippen LogP contribution in [0.3, 0.4) is 0 Å². The summed E-state index contributed by atoms with van der Waals surface area (Å²) in [6.45, 7) is 1.91. The zero-order chi connectivity index (χ0) is 4.41. The van der Waals surface area contributed by atoms with Crippen LogP contribution in [-0.4, -0.2) is 4.98 Å². The van der Waals surface area contributed by atoms with Crippen molar-refractivity contribution in [2.45, 2.75) is 6.92 Å². The quantitative estimate of drug-likeness (QED) is 0.350. The Balaban J connectivity index is 0.000000360. The molecule has 2 nitrogen and oxygen atoms in total. The molecular formula is C4H5KN2. The number of imidazole rings is 1. The maximum absolute atomic E-state index is 3.81. The van der Waals surface area contributed by atoms with Gasteiger partial charge in [-0.2, -0.15) is 0 Å². The minimum atomic E-state index is 0. The molecule has 0 aromatic carbocycles. The first-order valence-electron chi connectivity index (χ1n) is 1.79. The van der Waals surface area contributed by atoms with E-state index in [0.717, 1.165) is 5.69 Å². The molecule has 0 N–H and O–H groups in total. The van der Waals surface area contributed by atoms with Crippen LogP contribution >= 0.6 is 0 Å². The third-order valence-electron chi connectivity index (χ3n) is 0.589. The van der Waals surface area contributed by atoms with Crippen molar-refractivity contribution in [3.63, 3.8) is 0 Å². The van der Waals surface area contributed by atoms with Gasteiger partial charge in [-0.1, -0.05) is 18.2 Å². The summed E-state index contributed by atoms with van der Waals surface area (Å²) in [5, 5.41) is 0. The summed E-state index contributed by atoms with van der Waals surface area (Å²) in [5.74, 6) is 0. The second kappa shape index (κ2) is 3.80. The third-order valence-corrected chi connectivity index (χ3v) is 0.589. The molecule has 0 spiro atoms. The summed E-state index contributed by atoms with van der Waals surface area (Å²) in [6.07, 6.45) is 3.26. The SMILES string of the molecule is Cc1c[n-]cn1.[K+]. The minimum Gasteiger partial charge on any atom is -0.450 e. The van der Waals surface area contributed by atoms with Crippen LogP contribution in [0, 0.1) is 6.92 Å². The van der Waals surface area contributed by atoms with E-state index in [9.17, 15) is 0 Å². The van der Waals surface area contributed by atoms with Gasteiger partial charge in [0.2, 0.25) is 0 Å². The molecule has 0 amide bonds. The molecule has 0 bridgehead atoms. The molecule has 0 aliphatic carbocycles. The molecule has 0 atom stereocenters. The topological polar surface area (TPSA) is 27.0 Å². The van der Waals surface area contributed by atoms with Gasteiger partial charge >= 0.3 is 51.4 Å². The van der Waals surface area contributed by atoms with Gasteiger partial charge < -0.3 is 9.97 Å². The summed E-state index contributed by atoms with van der Waals surface area (Å²) >= 11 is 0. The average Bonchev–Trinajstić information content (AvgIpc) is 1.86. The molecule has 1 aromatic rings. The molecule has 0 aliphatic rings. The van der Waals surface area contributed by atoms with E-state index in [-0.39, 0.29) is 51.4 Å². The molecule has 32 valence electrons. The monoisotopic (exact) mass is 120 g/mol. The van der Waals surface area contributed by atoms with E-state index >= 15 is 0 Å². The van der Waals surface area contributed by atoms with Crippen LogP contribution in [0.5, 0.6) is 0 Å². The predicted molar refractivity (Wildman–Crippen MR) is 22.3 cm³/mol. The molecule has 3 heteroatoms. The maximum atomic E-state index is 3.81. The van der Waals surface area contributed by atoms with Crippen molar-refractivity contribution >= 4 is 0 Å². The van der Waals surface area contributed by atoms with E-state index in [1.165, 1.54) is 6.33 Å². The van der Waals surface area contributed by atoms with Crippen molar-refractivity contribution < 1.29 is 51.4 Å². The smallest absolute Gasteiger partial charge is 0.450 e. The Morgan fingerprint density at radius 1 is 1.71 bits per heavy atom. The van der Waals surface area contributed by atoms with Gasteiger partial charge in [-0.15, -0.1) is 0 Å². The third kappa shape index (κ3) is 2.61. The summed E-state index contributed by atoms with van der Waals surface area (Å²) < 4.78 is 0. The van der Waals surface area contributed by atoms with E-state index in [2.05, 4.69) is 9.97 Å². The van der Waals surface area contributed by atoms with Gasteiger partial charge in [0.1, 0.15) is 0 Å². The van der Waals surface area contributed by atoms with E-state index in [1.54, 1.807) is 6.20 Å². The zero-order valence-electron chi connectivity index (χ0n) is 4.55. The van der Waals surface area contributed by atoms with Gasteiger partial charge in [0.15, 0.2) is 0 Å². The van der Waals surface area contributed by atoms with Crippen molar-refractivity contribution in [2.75, 3.05) is 0 Å². The second-order valence-corrected chi connectivity index (χ2v) is 1.16. The van der Waals surface area contributed by atoms with Crippen molar-refractivity contribution in [1.29, 1.82) is 0 Å². The Labute approximate surface area is 85.1 Å². The number of rotatable bonds is 0. The fourth-order valence-corrected chi connectivity index (χ4v) is 0.299. The van der Waals surface area contributed by atoms with Crippen molar-refractivity contribution in [3.05, 3.63) is 18.2 Å². The molecule has 1 heterocycles. The number of aromatic nitrogens is 2. The Morgan fingerprint density at radius 3 is 2.57 bits per heavy atom. The molecule has 1 rings (SSSR count). The minimum absolute atomic E-state index is 0. The van der Waals surface area contributed by atoms with Gasteiger partial charge in [-0.05, 0) is 6.92 Å². The molecule has 0 saturated heterocycles. The summed E-state index contributed by atoms with van der Waals surface area (Å²) in [6, 6.07) is 0. The first kappa shape index (κ1) is 7.85. The van der Waals surface area contributed by atoms with Gasteiger partial charge in [-0.25, -0.2) is 0 Å². The largest absolute Gasteiger partial charge is 1.00 e.